The normalized spacial score (nSPS) is 32.2. The van der Waals surface area contributed by atoms with Crippen LogP contribution in [0.15, 0.2) is 0 Å². The van der Waals surface area contributed by atoms with Crippen molar-refractivity contribution in [2.75, 3.05) is 13.1 Å². The lowest BCUT2D eigenvalue weighted by Gasteiger charge is -2.51. The highest BCUT2D eigenvalue weighted by molar-refractivity contribution is 4.98. The van der Waals surface area contributed by atoms with E-state index in [1.165, 1.54) is 25.8 Å². The molecule has 0 aliphatic carbocycles. The van der Waals surface area contributed by atoms with Crippen molar-refractivity contribution in [3.63, 3.8) is 0 Å². The number of hydrogen-bond donors (Lipinski definition) is 1. The Balaban J connectivity index is 2.81. The van der Waals surface area contributed by atoms with Gasteiger partial charge in [-0.2, -0.15) is 0 Å². The lowest BCUT2D eigenvalue weighted by atomic mass is 9.81. The van der Waals surface area contributed by atoms with E-state index in [1.54, 1.807) is 0 Å². The maximum absolute atomic E-state index is 6.21. The van der Waals surface area contributed by atoms with Gasteiger partial charge in [-0.1, -0.05) is 19.8 Å². The molecule has 1 heterocycles. The van der Waals surface area contributed by atoms with Crippen LogP contribution in [-0.2, 0) is 4.74 Å². The van der Waals surface area contributed by atoms with Crippen LogP contribution in [0.3, 0.4) is 0 Å². The molecule has 114 valence electrons. The molecule has 0 aromatic carbocycles. The van der Waals surface area contributed by atoms with Crippen molar-refractivity contribution in [1.82, 2.24) is 4.90 Å². The van der Waals surface area contributed by atoms with Crippen LogP contribution in [0.4, 0.5) is 0 Å². The summed E-state index contributed by atoms with van der Waals surface area (Å²) in [5, 5.41) is 0. The van der Waals surface area contributed by atoms with Gasteiger partial charge >= 0.3 is 0 Å². The minimum absolute atomic E-state index is 0.138. The second-order valence-electron chi connectivity index (χ2n) is 6.59. The van der Waals surface area contributed by atoms with Crippen molar-refractivity contribution in [2.24, 2.45) is 5.73 Å². The van der Waals surface area contributed by atoms with Crippen molar-refractivity contribution < 1.29 is 4.74 Å². The summed E-state index contributed by atoms with van der Waals surface area (Å²) in [7, 11) is 0. The fourth-order valence-corrected chi connectivity index (χ4v) is 3.74. The van der Waals surface area contributed by atoms with Crippen LogP contribution >= 0.6 is 0 Å². The van der Waals surface area contributed by atoms with Crippen LogP contribution in [0.1, 0.15) is 66.7 Å². The van der Waals surface area contributed by atoms with Crippen molar-refractivity contribution in [3.05, 3.63) is 0 Å². The monoisotopic (exact) mass is 270 g/mol. The average molecular weight is 270 g/mol. The van der Waals surface area contributed by atoms with E-state index >= 15 is 0 Å². The van der Waals surface area contributed by atoms with Gasteiger partial charge < -0.3 is 10.5 Å². The molecule has 0 amide bonds. The largest absolute Gasteiger partial charge is 0.375 e. The quantitative estimate of drug-likeness (QED) is 0.722. The predicted molar refractivity (Wildman–Crippen MR) is 82.4 cm³/mol. The summed E-state index contributed by atoms with van der Waals surface area (Å²) in [6.45, 7) is 13.1. The van der Waals surface area contributed by atoms with E-state index in [1.807, 2.05) is 0 Å². The summed E-state index contributed by atoms with van der Waals surface area (Å²) in [6.07, 6.45) is 6.64. The second kappa shape index (κ2) is 7.61. The van der Waals surface area contributed by atoms with Gasteiger partial charge in [0.25, 0.3) is 0 Å². The summed E-state index contributed by atoms with van der Waals surface area (Å²) in [6, 6.07) is 0.554. The summed E-state index contributed by atoms with van der Waals surface area (Å²) in [4.78, 5) is 2.65. The Morgan fingerprint density at radius 1 is 1.21 bits per heavy atom. The van der Waals surface area contributed by atoms with E-state index in [0.29, 0.717) is 18.2 Å². The van der Waals surface area contributed by atoms with Crippen molar-refractivity contribution >= 4 is 0 Å². The molecule has 19 heavy (non-hydrogen) atoms. The number of hydrogen-bond acceptors (Lipinski definition) is 3. The summed E-state index contributed by atoms with van der Waals surface area (Å²) >= 11 is 0. The SMILES string of the molecule is CCCCCN(C(C)C)C1(CN)CC(C)OC(C)C1. The van der Waals surface area contributed by atoms with Crippen LogP contribution in [-0.4, -0.2) is 41.8 Å². The molecule has 0 aromatic heterocycles. The molecule has 2 unspecified atom stereocenters. The molecule has 0 saturated carbocycles. The Morgan fingerprint density at radius 2 is 1.79 bits per heavy atom. The first-order valence-electron chi connectivity index (χ1n) is 8.07. The minimum Gasteiger partial charge on any atom is -0.375 e. The Kier molecular flexibility index (Phi) is 6.78. The van der Waals surface area contributed by atoms with Gasteiger partial charge in [0, 0.05) is 18.1 Å². The number of nitrogens with zero attached hydrogens (tertiary/aromatic N) is 1. The van der Waals surface area contributed by atoms with Gasteiger partial charge in [0.1, 0.15) is 0 Å². The van der Waals surface area contributed by atoms with E-state index in [9.17, 15) is 0 Å². The smallest absolute Gasteiger partial charge is 0.0568 e. The molecule has 0 spiro atoms. The molecule has 1 aliphatic rings. The van der Waals surface area contributed by atoms with Gasteiger partial charge in [-0.15, -0.1) is 0 Å². The highest BCUT2D eigenvalue weighted by Gasteiger charge is 2.42. The zero-order chi connectivity index (χ0) is 14.5. The Labute approximate surface area is 119 Å². The first kappa shape index (κ1) is 16.9. The average Bonchev–Trinajstić information content (AvgIpc) is 2.32. The fourth-order valence-electron chi connectivity index (χ4n) is 3.74. The number of rotatable bonds is 7. The third-order valence-electron chi connectivity index (χ3n) is 4.41. The molecule has 0 radical (unpaired) electrons. The van der Waals surface area contributed by atoms with Gasteiger partial charge in [-0.05, 0) is 53.5 Å². The summed E-state index contributed by atoms with van der Waals surface area (Å²) < 4.78 is 5.92. The van der Waals surface area contributed by atoms with Crippen LogP contribution in [0.2, 0.25) is 0 Å². The molecule has 1 aliphatic heterocycles. The minimum atomic E-state index is 0.138. The van der Waals surface area contributed by atoms with Crippen molar-refractivity contribution in [3.8, 4) is 0 Å². The molecule has 0 bridgehead atoms. The standard InChI is InChI=1S/C16H34N2O/c1-6-7-8-9-18(13(2)3)16(12-17)10-14(4)19-15(5)11-16/h13-15H,6-12,17H2,1-5H3. The van der Waals surface area contributed by atoms with Gasteiger partial charge in [0.2, 0.25) is 0 Å². The Morgan fingerprint density at radius 3 is 2.21 bits per heavy atom. The van der Waals surface area contributed by atoms with E-state index < -0.39 is 0 Å². The van der Waals surface area contributed by atoms with Crippen molar-refractivity contribution in [2.45, 2.75) is 90.5 Å². The summed E-state index contributed by atoms with van der Waals surface area (Å²) in [5.74, 6) is 0. The van der Waals surface area contributed by atoms with Crippen LogP contribution < -0.4 is 5.73 Å². The molecule has 3 heteroatoms. The molecular formula is C16H34N2O. The van der Waals surface area contributed by atoms with Gasteiger partial charge in [-0.3, -0.25) is 4.90 Å². The van der Waals surface area contributed by atoms with E-state index in [0.717, 1.165) is 19.4 Å². The van der Waals surface area contributed by atoms with Gasteiger partial charge in [-0.25, -0.2) is 0 Å². The lowest BCUT2D eigenvalue weighted by molar-refractivity contribution is -0.110. The predicted octanol–water partition coefficient (Wildman–Crippen LogP) is 3.17. The third kappa shape index (κ3) is 4.44. The summed E-state index contributed by atoms with van der Waals surface area (Å²) in [5.41, 5.74) is 6.35. The molecule has 1 rings (SSSR count). The maximum atomic E-state index is 6.21. The number of unbranched alkanes of at least 4 members (excludes halogenated alkanes) is 2. The van der Waals surface area contributed by atoms with Gasteiger partial charge in [0.05, 0.1) is 12.2 Å². The third-order valence-corrected chi connectivity index (χ3v) is 4.41. The molecule has 2 atom stereocenters. The number of nitrogens with two attached hydrogens (primary N) is 1. The van der Waals surface area contributed by atoms with Crippen LogP contribution in [0.5, 0.6) is 0 Å². The topological polar surface area (TPSA) is 38.5 Å². The molecule has 1 saturated heterocycles. The van der Waals surface area contributed by atoms with Gasteiger partial charge in [0.15, 0.2) is 0 Å². The Bertz CT molecular complexity index is 245. The first-order chi connectivity index (χ1) is 8.95. The van der Waals surface area contributed by atoms with Crippen LogP contribution in [0, 0.1) is 0 Å². The van der Waals surface area contributed by atoms with Crippen molar-refractivity contribution in [1.29, 1.82) is 0 Å². The van der Waals surface area contributed by atoms with E-state index in [4.69, 9.17) is 10.5 Å². The Hall–Kier alpha value is -0.120. The molecule has 3 nitrogen and oxygen atoms in total. The highest BCUT2D eigenvalue weighted by atomic mass is 16.5. The van der Waals surface area contributed by atoms with E-state index in [2.05, 4.69) is 39.5 Å². The second-order valence-corrected chi connectivity index (χ2v) is 6.59. The zero-order valence-electron chi connectivity index (χ0n) is 13.6. The first-order valence-corrected chi connectivity index (χ1v) is 8.07. The molecule has 2 N–H and O–H groups in total. The maximum Gasteiger partial charge on any atom is 0.0568 e. The lowest BCUT2D eigenvalue weighted by Crippen LogP contribution is -2.61. The zero-order valence-corrected chi connectivity index (χ0v) is 13.6. The van der Waals surface area contributed by atoms with E-state index in [-0.39, 0.29) is 5.54 Å². The van der Waals surface area contributed by atoms with Crippen LogP contribution in [0.25, 0.3) is 0 Å². The fraction of sp³-hybridized carbons (Fsp3) is 1.00. The molecule has 1 fully saturated rings. The molecule has 0 aromatic rings. The highest BCUT2D eigenvalue weighted by Crippen LogP contribution is 2.35. The number of ether oxygens (including phenoxy) is 1. The molecular weight excluding hydrogens is 236 g/mol.